The van der Waals surface area contributed by atoms with E-state index in [9.17, 15) is 9.18 Å². The molecule has 1 aliphatic rings. The minimum absolute atomic E-state index is 0.0284. The van der Waals surface area contributed by atoms with Crippen LogP contribution in [0.4, 0.5) is 15.8 Å². The molecule has 1 unspecified atom stereocenters. The summed E-state index contributed by atoms with van der Waals surface area (Å²) in [4.78, 5) is 14.3. The number of amides is 1. The van der Waals surface area contributed by atoms with Crippen LogP contribution in [0.15, 0.2) is 48.5 Å². The van der Waals surface area contributed by atoms with Gasteiger partial charge in [0, 0.05) is 24.3 Å². The van der Waals surface area contributed by atoms with E-state index in [1.807, 2.05) is 31.2 Å². The molecule has 2 aromatic carbocycles. The predicted molar refractivity (Wildman–Crippen MR) is 82.0 cm³/mol. The van der Waals surface area contributed by atoms with Crippen molar-refractivity contribution in [2.45, 2.75) is 19.4 Å². The monoisotopic (exact) mass is 284 g/mol. The summed E-state index contributed by atoms with van der Waals surface area (Å²) in [7, 11) is 0. The van der Waals surface area contributed by atoms with Crippen molar-refractivity contribution in [3.8, 4) is 0 Å². The van der Waals surface area contributed by atoms with Crippen molar-refractivity contribution in [1.82, 2.24) is 0 Å². The van der Waals surface area contributed by atoms with Crippen molar-refractivity contribution in [1.29, 1.82) is 0 Å². The number of likely N-dealkylation sites (N-methyl/N-ethyl adjacent to an activating group) is 1. The highest BCUT2D eigenvalue weighted by molar-refractivity contribution is 6.00. The van der Waals surface area contributed by atoms with Gasteiger partial charge in [0.1, 0.15) is 11.9 Å². The molecule has 3 nitrogen and oxygen atoms in total. The number of fused-ring (bicyclic) bond motifs is 1. The highest BCUT2D eigenvalue weighted by Gasteiger charge is 2.30. The number of nitrogens with one attached hydrogen (secondary N) is 1. The molecule has 0 radical (unpaired) electrons. The van der Waals surface area contributed by atoms with Crippen LogP contribution in [-0.4, -0.2) is 18.5 Å². The van der Waals surface area contributed by atoms with Crippen LogP contribution in [0, 0.1) is 5.82 Å². The van der Waals surface area contributed by atoms with Crippen LogP contribution in [0.1, 0.15) is 12.5 Å². The Kier molecular flexibility index (Phi) is 3.60. The van der Waals surface area contributed by atoms with Gasteiger partial charge in [-0.15, -0.1) is 0 Å². The topological polar surface area (TPSA) is 32.3 Å². The maximum Gasteiger partial charge on any atom is 0.249 e. The molecule has 0 saturated heterocycles. The van der Waals surface area contributed by atoms with Crippen molar-refractivity contribution >= 4 is 17.3 Å². The highest BCUT2D eigenvalue weighted by Crippen LogP contribution is 2.27. The van der Waals surface area contributed by atoms with Crippen molar-refractivity contribution in [3.05, 3.63) is 59.9 Å². The molecule has 0 spiro atoms. The maximum atomic E-state index is 13.4. The van der Waals surface area contributed by atoms with E-state index in [-0.39, 0.29) is 17.8 Å². The summed E-state index contributed by atoms with van der Waals surface area (Å²) in [6, 6.07) is 13.8. The van der Waals surface area contributed by atoms with E-state index in [1.165, 1.54) is 12.1 Å². The molecule has 0 bridgehead atoms. The van der Waals surface area contributed by atoms with Gasteiger partial charge in [-0.2, -0.15) is 0 Å². The molecule has 1 amide bonds. The molecule has 3 rings (SSSR count). The molecule has 2 aromatic rings. The smallest absolute Gasteiger partial charge is 0.249 e. The third-order valence-corrected chi connectivity index (χ3v) is 3.77. The summed E-state index contributed by atoms with van der Waals surface area (Å²) in [6.07, 6.45) is 0.667. The number of carbonyl (C=O) groups is 1. The Labute approximate surface area is 123 Å². The molecule has 1 atom stereocenters. The number of benzene rings is 2. The quantitative estimate of drug-likeness (QED) is 0.938. The van der Waals surface area contributed by atoms with Gasteiger partial charge in [-0.05, 0) is 36.8 Å². The summed E-state index contributed by atoms with van der Waals surface area (Å²) in [5, 5.41) is 3.25. The molecule has 0 aliphatic carbocycles. The van der Waals surface area contributed by atoms with Gasteiger partial charge < -0.3 is 10.2 Å². The standard InChI is InChI=1S/C17H17FN2O/c1-2-20(14-8-5-7-13(18)11-14)17(21)16-10-12-6-3-4-9-15(12)19-16/h3-9,11,16,19H,2,10H2,1H3. The second-order valence-corrected chi connectivity index (χ2v) is 5.12. The summed E-state index contributed by atoms with van der Waals surface area (Å²) < 4.78 is 13.4. The van der Waals surface area contributed by atoms with Crippen LogP contribution >= 0.6 is 0 Å². The van der Waals surface area contributed by atoms with E-state index in [1.54, 1.807) is 17.0 Å². The maximum absolute atomic E-state index is 13.4. The Morgan fingerprint density at radius 1 is 1.29 bits per heavy atom. The number of carbonyl (C=O) groups excluding carboxylic acids is 1. The number of nitrogens with zero attached hydrogens (tertiary/aromatic N) is 1. The summed E-state index contributed by atoms with van der Waals surface area (Å²) >= 11 is 0. The number of hydrogen-bond acceptors (Lipinski definition) is 2. The Morgan fingerprint density at radius 3 is 2.81 bits per heavy atom. The molecule has 21 heavy (non-hydrogen) atoms. The van der Waals surface area contributed by atoms with Gasteiger partial charge in [-0.1, -0.05) is 24.3 Å². The first-order chi connectivity index (χ1) is 10.2. The normalized spacial score (nSPS) is 16.2. The van der Waals surface area contributed by atoms with E-state index >= 15 is 0 Å². The Bertz CT molecular complexity index is 646. The van der Waals surface area contributed by atoms with E-state index in [0.29, 0.717) is 18.7 Å². The first-order valence-corrected chi connectivity index (χ1v) is 7.10. The lowest BCUT2D eigenvalue weighted by molar-refractivity contribution is -0.119. The van der Waals surface area contributed by atoms with Crippen LogP contribution < -0.4 is 10.2 Å². The summed E-state index contributed by atoms with van der Waals surface area (Å²) in [5.74, 6) is -0.360. The van der Waals surface area contributed by atoms with Crippen molar-refractivity contribution in [2.24, 2.45) is 0 Å². The van der Waals surface area contributed by atoms with Crippen LogP contribution in [0.25, 0.3) is 0 Å². The number of rotatable bonds is 3. The zero-order chi connectivity index (χ0) is 14.8. The van der Waals surface area contributed by atoms with Gasteiger partial charge in [0.25, 0.3) is 0 Å². The molecule has 0 fully saturated rings. The van der Waals surface area contributed by atoms with Crippen LogP contribution in [-0.2, 0) is 11.2 Å². The van der Waals surface area contributed by atoms with E-state index in [0.717, 1.165) is 11.3 Å². The van der Waals surface area contributed by atoms with E-state index in [2.05, 4.69) is 5.32 Å². The fraction of sp³-hybridized carbons (Fsp3) is 0.235. The molecular formula is C17H17FN2O. The van der Waals surface area contributed by atoms with Gasteiger partial charge in [-0.3, -0.25) is 4.79 Å². The molecule has 1 aliphatic heterocycles. The Hall–Kier alpha value is -2.36. The van der Waals surface area contributed by atoms with Gasteiger partial charge in [0.2, 0.25) is 5.91 Å². The van der Waals surface area contributed by atoms with Gasteiger partial charge in [-0.25, -0.2) is 4.39 Å². The van der Waals surface area contributed by atoms with E-state index < -0.39 is 0 Å². The first-order valence-electron chi connectivity index (χ1n) is 7.10. The molecular weight excluding hydrogens is 267 g/mol. The molecule has 108 valence electrons. The largest absolute Gasteiger partial charge is 0.373 e. The average Bonchev–Trinajstić information content (AvgIpc) is 2.92. The minimum Gasteiger partial charge on any atom is -0.373 e. The predicted octanol–water partition coefficient (Wildman–Crippen LogP) is 3.22. The Morgan fingerprint density at radius 2 is 2.10 bits per heavy atom. The second kappa shape index (κ2) is 5.56. The lowest BCUT2D eigenvalue weighted by Gasteiger charge is -2.24. The fourth-order valence-corrected chi connectivity index (χ4v) is 2.74. The number of para-hydroxylation sites is 1. The lowest BCUT2D eigenvalue weighted by Crippen LogP contribution is -2.42. The minimum atomic E-state index is -0.332. The van der Waals surface area contributed by atoms with Gasteiger partial charge in [0.15, 0.2) is 0 Å². The van der Waals surface area contributed by atoms with Crippen LogP contribution in [0.3, 0.4) is 0 Å². The fourth-order valence-electron chi connectivity index (χ4n) is 2.74. The molecule has 4 heteroatoms. The summed E-state index contributed by atoms with van der Waals surface area (Å²) in [5.41, 5.74) is 2.75. The van der Waals surface area contributed by atoms with Gasteiger partial charge >= 0.3 is 0 Å². The second-order valence-electron chi connectivity index (χ2n) is 5.12. The molecule has 0 aromatic heterocycles. The summed E-state index contributed by atoms with van der Waals surface area (Å²) in [6.45, 7) is 2.40. The lowest BCUT2D eigenvalue weighted by atomic mass is 10.1. The third-order valence-electron chi connectivity index (χ3n) is 3.77. The van der Waals surface area contributed by atoms with Crippen LogP contribution in [0.5, 0.6) is 0 Å². The first kappa shape index (κ1) is 13.6. The van der Waals surface area contributed by atoms with E-state index in [4.69, 9.17) is 0 Å². The highest BCUT2D eigenvalue weighted by atomic mass is 19.1. The van der Waals surface area contributed by atoms with Gasteiger partial charge in [0.05, 0.1) is 0 Å². The van der Waals surface area contributed by atoms with Crippen molar-refractivity contribution in [2.75, 3.05) is 16.8 Å². The number of anilines is 2. The SMILES string of the molecule is CCN(C(=O)C1Cc2ccccc2N1)c1cccc(F)c1. The Balaban J connectivity index is 1.81. The number of hydrogen-bond donors (Lipinski definition) is 1. The zero-order valence-electron chi connectivity index (χ0n) is 11.8. The molecule has 1 heterocycles. The van der Waals surface area contributed by atoms with Crippen molar-refractivity contribution in [3.63, 3.8) is 0 Å². The van der Waals surface area contributed by atoms with Crippen LogP contribution in [0.2, 0.25) is 0 Å². The third kappa shape index (κ3) is 2.61. The average molecular weight is 284 g/mol. The zero-order valence-corrected chi connectivity index (χ0v) is 11.8. The van der Waals surface area contributed by atoms with Crippen molar-refractivity contribution < 1.29 is 9.18 Å². The molecule has 0 saturated carbocycles. The number of halogens is 1. The molecule has 1 N–H and O–H groups in total.